The van der Waals surface area contributed by atoms with Gasteiger partial charge >= 0.3 is 11.9 Å². The van der Waals surface area contributed by atoms with Crippen molar-refractivity contribution in [3.8, 4) is 0 Å². The van der Waals surface area contributed by atoms with Crippen LogP contribution in [0, 0.1) is 19.8 Å². The third-order valence-corrected chi connectivity index (χ3v) is 7.55. The maximum Gasteiger partial charge on any atom is 0.361 e. The van der Waals surface area contributed by atoms with Crippen molar-refractivity contribution in [1.29, 1.82) is 0 Å². The molecular formula is C32H35N5O5. The van der Waals surface area contributed by atoms with Gasteiger partial charge in [-0.3, -0.25) is 4.79 Å². The number of ether oxygens (including phenoxy) is 2. The van der Waals surface area contributed by atoms with Crippen LogP contribution in [0.5, 0.6) is 0 Å². The summed E-state index contributed by atoms with van der Waals surface area (Å²) in [4.78, 5) is 39.3. The smallest absolute Gasteiger partial charge is 0.361 e. The number of fused-ring (bicyclic) bond motifs is 1. The standard InChI is InChI=1S/C32H35N5O5/c1-5-41-31(39)28-30(32(40)42-6-2)36(35-33-28)19-26(38)37-29(23-16-12-21(4)13-17-23)25-9-7-8-24(27(25)34-37)18-22-14-10-20(3)11-15-22/h10-18,25,29H,5-9,19H2,1-4H3/b24-18-/t25-,29-/m1/s1. The number of hydrogen-bond acceptors (Lipinski definition) is 8. The largest absolute Gasteiger partial charge is 0.461 e. The summed E-state index contributed by atoms with van der Waals surface area (Å²) in [6.45, 7) is 7.19. The first-order valence-corrected chi connectivity index (χ1v) is 14.3. The maximum absolute atomic E-state index is 14.0. The van der Waals surface area contributed by atoms with E-state index in [-0.39, 0.29) is 49.0 Å². The minimum atomic E-state index is -0.810. The Balaban J connectivity index is 1.52. The Morgan fingerprint density at radius 1 is 0.929 bits per heavy atom. The fourth-order valence-corrected chi connectivity index (χ4v) is 5.53. The van der Waals surface area contributed by atoms with Gasteiger partial charge in [-0.1, -0.05) is 64.9 Å². The molecule has 1 saturated carbocycles. The van der Waals surface area contributed by atoms with Crippen LogP contribution in [-0.2, 0) is 20.8 Å². The number of nitrogens with zero attached hydrogens (tertiary/aromatic N) is 5. The predicted octanol–water partition coefficient (Wildman–Crippen LogP) is 5.07. The number of hydrogen-bond donors (Lipinski definition) is 0. The van der Waals surface area contributed by atoms with Crippen molar-refractivity contribution in [1.82, 2.24) is 20.0 Å². The fraction of sp³-hybridized carbons (Fsp3) is 0.375. The van der Waals surface area contributed by atoms with Crippen molar-refractivity contribution < 1.29 is 23.9 Å². The number of aryl methyl sites for hydroxylation is 2. The molecule has 5 rings (SSSR count). The van der Waals surface area contributed by atoms with Gasteiger partial charge in [0, 0.05) is 5.92 Å². The van der Waals surface area contributed by atoms with E-state index >= 15 is 0 Å². The number of amides is 1. The number of allylic oxidation sites excluding steroid dienone is 1. The second-order valence-electron chi connectivity index (χ2n) is 10.5. The molecule has 10 nitrogen and oxygen atoms in total. The second kappa shape index (κ2) is 12.5. The summed E-state index contributed by atoms with van der Waals surface area (Å²) in [7, 11) is 0. The van der Waals surface area contributed by atoms with E-state index < -0.39 is 11.9 Å². The molecule has 0 unspecified atom stereocenters. The molecule has 1 fully saturated rings. The van der Waals surface area contributed by atoms with E-state index in [2.05, 4.69) is 47.6 Å². The molecule has 218 valence electrons. The van der Waals surface area contributed by atoms with Gasteiger partial charge in [-0.2, -0.15) is 5.10 Å². The zero-order valence-electron chi connectivity index (χ0n) is 24.4. The Labute approximate surface area is 245 Å². The Bertz CT molecular complexity index is 1540. The molecule has 2 aromatic carbocycles. The molecule has 0 saturated heterocycles. The predicted molar refractivity (Wildman–Crippen MR) is 157 cm³/mol. The van der Waals surface area contributed by atoms with Crippen molar-refractivity contribution >= 4 is 29.6 Å². The number of aromatic nitrogens is 3. The third kappa shape index (κ3) is 5.88. The van der Waals surface area contributed by atoms with E-state index in [0.717, 1.165) is 51.9 Å². The zero-order valence-corrected chi connectivity index (χ0v) is 24.4. The van der Waals surface area contributed by atoms with Gasteiger partial charge in [0.15, 0.2) is 5.69 Å². The molecule has 2 aliphatic rings. The highest BCUT2D eigenvalue weighted by Crippen LogP contribution is 2.44. The van der Waals surface area contributed by atoms with Gasteiger partial charge in [-0.25, -0.2) is 19.3 Å². The van der Waals surface area contributed by atoms with Crippen molar-refractivity contribution in [2.45, 2.75) is 59.5 Å². The zero-order chi connectivity index (χ0) is 29.8. The summed E-state index contributed by atoms with van der Waals surface area (Å²) in [6, 6.07) is 16.1. The summed E-state index contributed by atoms with van der Waals surface area (Å²) < 4.78 is 11.3. The van der Waals surface area contributed by atoms with Crippen LogP contribution in [0.3, 0.4) is 0 Å². The van der Waals surface area contributed by atoms with Crippen LogP contribution in [-0.4, -0.2) is 56.8 Å². The summed E-state index contributed by atoms with van der Waals surface area (Å²) in [5, 5.41) is 14.3. The molecular weight excluding hydrogens is 534 g/mol. The molecule has 0 spiro atoms. The lowest BCUT2D eigenvalue weighted by Crippen LogP contribution is -2.34. The average molecular weight is 570 g/mol. The van der Waals surface area contributed by atoms with E-state index in [9.17, 15) is 14.4 Å². The summed E-state index contributed by atoms with van der Waals surface area (Å²) >= 11 is 0. The molecule has 1 amide bonds. The van der Waals surface area contributed by atoms with Crippen LogP contribution >= 0.6 is 0 Å². The third-order valence-electron chi connectivity index (χ3n) is 7.55. The highest BCUT2D eigenvalue weighted by atomic mass is 16.5. The number of benzene rings is 2. The minimum Gasteiger partial charge on any atom is -0.461 e. The summed E-state index contributed by atoms with van der Waals surface area (Å²) in [5.74, 6) is -1.99. The van der Waals surface area contributed by atoms with Crippen molar-refractivity contribution in [3.63, 3.8) is 0 Å². The van der Waals surface area contributed by atoms with Gasteiger partial charge in [0.05, 0.1) is 25.0 Å². The monoisotopic (exact) mass is 569 g/mol. The normalized spacial score (nSPS) is 18.9. The first kappa shape index (κ1) is 28.9. The SMILES string of the molecule is CCOC(=O)c1nnn(CC(=O)N2N=C3/C(=C\c4ccc(C)cc4)CCC[C@H]3[C@H]2c2ccc(C)cc2)c1C(=O)OCC. The highest BCUT2D eigenvalue weighted by Gasteiger charge is 2.44. The lowest BCUT2D eigenvalue weighted by Gasteiger charge is -2.29. The van der Waals surface area contributed by atoms with Crippen molar-refractivity contribution in [3.05, 3.63) is 87.7 Å². The first-order chi connectivity index (χ1) is 20.3. The number of carbonyl (C=O) groups excluding carboxylic acids is 3. The number of carbonyl (C=O) groups is 3. The molecule has 10 heteroatoms. The van der Waals surface area contributed by atoms with Crippen molar-refractivity contribution in [2.75, 3.05) is 13.2 Å². The Morgan fingerprint density at radius 2 is 1.57 bits per heavy atom. The van der Waals surface area contributed by atoms with E-state index in [0.29, 0.717) is 0 Å². The van der Waals surface area contributed by atoms with E-state index in [1.807, 2.05) is 31.2 Å². The van der Waals surface area contributed by atoms with Gasteiger partial charge in [0.1, 0.15) is 6.54 Å². The highest BCUT2D eigenvalue weighted by molar-refractivity contribution is 6.08. The molecule has 1 aromatic heterocycles. The number of rotatable bonds is 8. The second-order valence-corrected chi connectivity index (χ2v) is 10.5. The molecule has 0 bridgehead atoms. The molecule has 0 N–H and O–H groups in total. The molecule has 3 aromatic rings. The van der Waals surface area contributed by atoms with E-state index in [4.69, 9.17) is 14.6 Å². The lowest BCUT2D eigenvalue weighted by atomic mass is 9.77. The van der Waals surface area contributed by atoms with Crippen molar-refractivity contribution in [2.24, 2.45) is 11.0 Å². The quantitative estimate of drug-likeness (QED) is 0.348. The maximum atomic E-state index is 14.0. The van der Waals surface area contributed by atoms with Crippen LogP contribution in [0.25, 0.3) is 6.08 Å². The molecule has 2 heterocycles. The van der Waals surface area contributed by atoms with Gasteiger partial charge in [-0.05, 0) is 69.7 Å². The minimum absolute atomic E-state index is 0.0115. The van der Waals surface area contributed by atoms with Crippen LogP contribution in [0.4, 0.5) is 0 Å². The van der Waals surface area contributed by atoms with Crippen LogP contribution in [0.1, 0.15) is 82.4 Å². The van der Waals surface area contributed by atoms with Gasteiger partial charge in [0.2, 0.25) is 5.69 Å². The van der Waals surface area contributed by atoms with Gasteiger partial charge in [-0.15, -0.1) is 5.10 Å². The molecule has 2 atom stereocenters. The van der Waals surface area contributed by atoms with E-state index in [1.165, 1.54) is 10.6 Å². The lowest BCUT2D eigenvalue weighted by molar-refractivity contribution is -0.134. The number of esters is 2. The van der Waals surface area contributed by atoms with Crippen LogP contribution in [0.15, 0.2) is 59.2 Å². The molecule has 0 radical (unpaired) electrons. The Morgan fingerprint density at radius 3 is 2.24 bits per heavy atom. The van der Waals surface area contributed by atoms with Crippen LogP contribution < -0.4 is 0 Å². The molecule has 42 heavy (non-hydrogen) atoms. The number of hydrazone groups is 1. The van der Waals surface area contributed by atoms with Crippen LogP contribution in [0.2, 0.25) is 0 Å². The topological polar surface area (TPSA) is 116 Å². The summed E-state index contributed by atoms with van der Waals surface area (Å²) in [5.41, 5.74) is 5.87. The fourth-order valence-electron chi connectivity index (χ4n) is 5.53. The Hall–Kier alpha value is -4.60. The molecule has 1 aliphatic heterocycles. The van der Waals surface area contributed by atoms with Gasteiger partial charge in [0.25, 0.3) is 5.91 Å². The van der Waals surface area contributed by atoms with Gasteiger partial charge < -0.3 is 9.47 Å². The Kier molecular flexibility index (Phi) is 8.61. The summed E-state index contributed by atoms with van der Waals surface area (Å²) in [6.07, 6.45) is 4.89. The average Bonchev–Trinajstić information content (AvgIpc) is 3.58. The van der Waals surface area contributed by atoms with E-state index in [1.54, 1.807) is 13.8 Å². The molecule has 1 aliphatic carbocycles. The first-order valence-electron chi connectivity index (χ1n) is 14.3.